The lowest BCUT2D eigenvalue weighted by molar-refractivity contribution is 0.152. The highest BCUT2D eigenvalue weighted by molar-refractivity contribution is 5.46. The lowest BCUT2D eigenvalue weighted by Crippen LogP contribution is -2.37. The van der Waals surface area contributed by atoms with Gasteiger partial charge in [0, 0.05) is 68.0 Å². The first-order valence-electron chi connectivity index (χ1n) is 9.49. The summed E-state index contributed by atoms with van der Waals surface area (Å²) in [7, 11) is 0. The number of hydrogen-bond acceptors (Lipinski definition) is 6. The normalized spacial score (nSPS) is 20.6. The van der Waals surface area contributed by atoms with Crippen LogP contribution in [0.1, 0.15) is 29.2 Å². The number of aryl methyl sites for hydroxylation is 3. The smallest absolute Gasteiger partial charge is 0.220 e. The molecule has 2 aromatic rings. The van der Waals surface area contributed by atoms with Crippen LogP contribution in [0.25, 0.3) is 0 Å². The van der Waals surface area contributed by atoms with Crippen LogP contribution in [0.3, 0.4) is 0 Å². The summed E-state index contributed by atoms with van der Waals surface area (Å²) < 4.78 is 6.12. The number of pyridine rings is 1. The highest BCUT2D eigenvalue weighted by Gasteiger charge is 2.29. The summed E-state index contributed by atoms with van der Waals surface area (Å²) in [4.78, 5) is 18.3. The summed E-state index contributed by atoms with van der Waals surface area (Å²) in [6.45, 7) is 11.3. The van der Waals surface area contributed by atoms with E-state index in [9.17, 15) is 0 Å². The predicted octanol–water partition coefficient (Wildman–Crippen LogP) is 2.31. The summed E-state index contributed by atoms with van der Waals surface area (Å²) >= 11 is 0. The largest absolute Gasteiger partial charge is 0.472 e. The summed E-state index contributed by atoms with van der Waals surface area (Å²) in [6, 6.07) is 4.29. The molecule has 4 heterocycles. The Kier molecular flexibility index (Phi) is 4.76. The molecule has 1 atom stereocenters. The second-order valence-corrected chi connectivity index (χ2v) is 7.38. The van der Waals surface area contributed by atoms with Crippen molar-refractivity contribution in [3.8, 4) is 5.88 Å². The van der Waals surface area contributed by atoms with Gasteiger partial charge in [0.25, 0.3) is 0 Å². The van der Waals surface area contributed by atoms with E-state index in [0.717, 1.165) is 62.2 Å². The van der Waals surface area contributed by atoms with Crippen molar-refractivity contribution in [2.75, 3.05) is 37.6 Å². The van der Waals surface area contributed by atoms with Gasteiger partial charge in [0.15, 0.2) is 0 Å². The van der Waals surface area contributed by atoms with Gasteiger partial charge in [-0.15, -0.1) is 0 Å². The number of anilines is 1. The Morgan fingerprint density at radius 1 is 1.12 bits per heavy atom. The van der Waals surface area contributed by atoms with Crippen molar-refractivity contribution in [2.24, 2.45) is 0 Å². The number of nitrogens with zero attached hydrogens (tertiary/aromatic N) is 5. The zero-order valence-electron chi connectivity index (χ0n) is 15.9. The molecule has 26 heavy (non-hydrogen) atoms. The van der Waals surface area contributed by atoms with E-state index in [2.05, 4.69) is 50.7 Å². The molecule has 0 bridgehead atoms. The van der Waals surface area contributed by atoms with Crippen LogP contribution in [-0.2, 0) is 6.42 Å². The van der Waals surface area contributed by atoms with Crippen LogP contribution < -0.4 is 9.64 Å². The van der Waals surface area contributed by atoms with E-state index in [0.29, 0.717) is 0 Å². The molecule has 2 aromatic heterocycles. The first-order valence-corrected chi connectivity index (χ1v) is 9.49. The van der Waals surface area contributed by atoms with Crippen LogP contribution in [0.15, 0.2) is 18.3 Å². The molecule has 0 saturated carbocycles. The van der Waals surface area contributed by atoms with Crippen LogP contribution >= 0.6 is 0 Å². The molecule has 138 valence electrons. The predicted molar refractivity (Wildman–Crippen MR) is 102 cm³/mol. The molecule has 0 aromatic carbocycles. The molecule has 0 amide bonds. The van der Waals surface area contributed by atoms with Gasteiger partial charge in [-0.1, -0.05) is 0 Å². The van der Waals surface area contributed by atoms with Gasteiger partial charge in [-0.25, -0.2) is 4.98 Å². The SMILES string of the molecule is Cc1cc(N2CCCN(C[C@H]3Cc4c(C)nc(C)nc4O3)CC2)ccn1. The number of fused-ring (bicyclic) bond motifs is 1. The van der Waals surface area contributed by atoms with Gasteiger partial charge in [-0.3, -0.25) is 9.88 Å². The molecule has 0 N–H and O–H groups in total. The van der Waals surface area contributed by atoms with Crippen LogP contribution in [0.5, 0.6) is 5.88 Å². The van der Waals surface area contributed by atoms with Crippen LogP contribution in [-0.4, -0.2) is 58.7 Å². The lowest BCUT2D eigenvalue weighted by Gasteiger charge is -2.25. The lowest BCUT2D eigenvalue weighted by atomic mass is 10.1. The zero-order chi connectivity index (χ0) is 18.1. The van der Waals surface area contributed by atoms with E-state index in [1.165, 1.54) is 17.7 Å². The first-order chi connectivity index (χ1) is 12.6. The van der Waals surface area contributed by atoms with Gasteiger partial charge in [0.05, 0.1) is 0 Å². The molecule has 2 aliphatic rings. The second-order valence-electron chi connectivity index (χ2n) is 7.38. The van der Waals surface area contributed by atoms with Crippen molar-refractivity contribution in [3.05, 3.63) is 41.1 Å². The van der Waals surface area contributed by atoms with Crippen molar-refractivity contribution < 1.29 is 4.74 Å². The Hall–Kier alpha value is -2.21. The van der Waals surface area contributed by atoms with E-state index in [1.807, 2.05) is 13.1 Å². The van der Waals surface area contributed by atoms with Crippen LogP contribution in [0.2, 0.25) is 0 Å². The number of rotatable bonds is 3. The van der Waals surface area contributed by atoms with Crippen molar-refractivity contribution in [3.63, 3.8) is 0 Å². The second kappa shape index (κ2) is 7.19. The maximum Gasteiger partial charge on any atom is 0.220 e. The van der Waals surface area contributed by atoms with Gasteiger partial charge in [-0.2, -0.15) is 4.98 Å². The monoisotopic (exact) mass is 353 g/mol. The van der Waals surface area contributed by atoms with Gasteiger partial charge in [0.1, 0.15) is 11.9 Å². The number of hydrogen-bond donors (Lipinski definition) is 0. The molecule has 6 nitrogen and oxygen atoms in total. The Morgan fingerprint density at radius 3 is 2.85 bits per heavy atom. The maximum atomic E-state index is 6.12. The fourth-order valence-electron chi connectivity index (χ4n) is 3.99. The van der Waals surface area contributed by atoms with E-state index in [-0.39, 0.29) is 6.10 Å². The molecule has 4 rings (SSSR count). The fraction of sp³-hybridized carbons (Fsp3) is 0.550. The molecule has 0 aliphatic carbocycles. The average molecular weight is 353 g/mol. The molecule has 0 radical (unpaired) electrons. The van der Waals surface area contributed by atoms with Gasteiger partial charge >= 0.3 is 0 Å². The summed E-state index contributed by atoms with van der Waals surface area (Å²) in [5.74, 6) is 1.59. The molecule has 2 aliphatic heterocycles. The highest BCUT2D eigenvalue weighted by Crippen LogP contribution is 2.29. The topological polar surface area (TPSA) is 54.4 Å². The van der Waals surface area contributed by atoms with Crippen molar-refractivity contribution in [2.45, 2.75) is 39.7 Å². The highest BCUT2D eigenvalue weighted by atomic mass is 16.5. The Morgan fingerprint density at radius 2 is 2.00 bits per heavy atom. The third-order valence-corrected chi connectivity index (χ3v) is 5.29. The van der Waals surface area contributed by atoms with Crippen molar-refractivity contribution in [1.29, 1.82) is 0 Å². The minimum absolute atomic E-state index is 0.189. The molecule has 0 spiro atoms. The van der Waals surface area contributed by atoms with Crippen LogP contribution in [0.4, 0.5) is 5.69 Å². The quantitative estimate of drug-likeness (QED) is 0.844. The summed E-state index contributed by atoms with van der Waals surface area (Å²) in [5, 5.41) is 0. The van der Waals surface area contributed by atoms with Crippen LogP contribution in [0, 0.1) is 20.8 Å². The Balaban J connectivity index is 1.36. The molecule has 1 fully saturated rings. The zero-order valence-corrected chi connectivity index (χ0v) is 15.9. The summed E-state index contributed by atoms with van der Waals surface area (Å²) in [6.07, 6.45) is 4.18. The minimum atomic E-state index is 0.189. The first kappa shape index (κ1) is 17.2. The molecular weight excluding hydrogens is 326 g/mol. The van der Waals surface area contributed by atoms with Gasteiger partial charge in [0.2, 0.25) is 5.88 Å². The van der Waals surface area contributed by atoms with Gasteiger partial charge < -0.3 is 9.64 Å². The fourth-order valence-corrected chi connectivity index (χ4v) is 3.99. The van der Waals surface area contributed by atoms with E-state index < -0.39 is 0 Å². The standard InChI is InChI=1S/C20H27N5O/c1-14-11-17(5-6-21-14)25-8-4-7-24(9-10-25)13-18-12-19-15(2)22-16(3)23-20(19)26-18/h5-6,11,18H,4,7-10,12-13H2,1-3H3/t18-/m1/s1. The van der Waals surface area contributed by atoms with E-state index in [4.69, 9.17) is 4.74 Å². The van der Waals surface area contributed by atoms with Crippen molar-refractivity contribution in [1.82, 2.24) is 19.9 Å². The van der Waals surface area contributed by atoms with E-state index >= 15 is 0 Å². The average Bonchev–Trinajstić information content (AvgIpc) is 2.85. The number of aromatic nitrogens is 3. The Bertz CT molecular complexity index is 794. The van der Waals surface area contributed by atoms with Crippen molar-refractivity contribution >= 4 is 5.69 Å². The third kappa shape index (κ3) is 3.65. The minimum Gasteiger partial charge on any atom is -0.472 e. The molecule has 1 saturated heterocycles. The third-order valence-electron chi connectivity index (χ3n) is 5.29. The molecule has 0 unspecified atom stereocenters. The molecule has 6 heteroatoms. The van der Waals surface area contributed by atoms with Gasteiger partial charge in [-0.05, 0) is 39.3 Å². The maximum absolute atomic E-state index is 6.12. The number of ether oxygens (including phenoxy) is 1. The van der Waals surface area contributed by atoms with E-state index in [1.54, 1.807) is 0 Å². The Labute approximate surface area is 155 Å². The summed E-state index contributed by atoms with van der Waals surface area (Å²) in [5.41, 5.74) is 4.60. The molecular formula is C20H27N5O.